The van der Waals surface area contributed by atoms with E-state index in [2.05, 4.69) is 20.9 Å². The highest BCUT2D eigenvalue weighted by atomic mass is 79.9. The van der Waals surface area contributed by atoms with Crippen LogP contribution in [0.2, 0.25) is 0 Å². The fourth-order valence-electron chi connectivity index (χ4n) is 1.89. The van der Waals surface area contributed by atoms with Crippen molar-refractivity contribution in [2.24, 2.45) is 5.92 Å². The SMILES string of the molecule is OC(c1cncc(Br)c1)C1CCOCC1. The first kappa shape index (κ1) is 11.0. The highest BCUT2D eigenvalue weighted by Crippen LogP contribution is 2.30. The monoisotopic (exact) mass is 271 g/mol. The van der Waals surface area contributed by atoms with E-state index in [1.54, 1.807) is 12.4 Å². The number of aliphatic hydroxyl groups is 1. The topological polar surface area (TPSA) is 42.4 Å². The van der Waals surface area contributed by atoms with Gasteiger partial charge in [0.15, 0.2) is 0 Å². The summed E-state index contributed by atoms with van der Waals surface area (Å²) in [6.07, 6.45) is 4.88. The summed E-state index contributed by atoms with van der Waals surface area (Å²) in [5, 5.41) is 10.2. The summed E-state index contributed by atoms with van der Waals surface area (Å²) in [5.41, 5.74) is 0.885. The van der Waals surface area contributed by atoms with Gasteiger partial charge < -0.3 is 9.84 Å². The molecule has 2 rings (SSSR count). The fourth-order valence-corrected chi connectivity index (χ4v) is 2.28. The Labute approximate surface area is 97.6 Å². The molecule has 1 atom stereocenters. The molecule has 1 N–H and O–H groups in total. The molecule has 3 nitrogen and oxygen atoms in total. The lowest BCUT2D eigenvalue weighted by Crippen LogP contribution is -2.22. The number of hydrogen-bond acceptors (Lipinski definition) is 3. The summed E-state index contributed by atoms with van der Waals surface area (Å²) in [6, 6.07) is 1.92. The van der Waals surface area contributed by atoms with Crippen molar-refractivity contribution in [3.05, 3.63) is 28.5 Å². The van der Waals surface area contributed by atoms with Gasteiger partial charge in [0.05, 0.1) is 6.10 Å². The molecule has 1 unspecified atom stereocenters. The largest absolute Gasteiger partial charge is 0.388 e. The average molecular weight is 272 g/mol. The lowest BCUT2D eigenvalue weighted by Gasteiger charge is -2.26. The molecule has 1 saturated heterocycles. The average Bonchev–Trinajstić information content (AvgIpc) is 2.29. The molecule has 1 aromatic rings. The van der Waals surface area contributed by atoms with E-state index in [1.807, 2.05) is 6.07 Å². The Hall–Kier alpha value is -0.450. The lowest BCUT2D eigenvalue weighted by atomic mass is 9.90. The zero-order valence-corrected chi connectivity index (χ0v) is 9.98. The van der Waals surface area contributed by atoms with Gasteiger partial charge in [0.25, 0.3) is 0 Å². The van der Waals surface area contributed by atoms with E-state index in [9.17, 15) is 5.11 Å². The molecule has 0 amide bonds. The first-order valence-electron chi connectivity index (χ1n) is 5.13. The van der Waals surface area contributed by atoms with Gasteiger partial charge in [-0.25, -0.2) is 0 Å². The molecule has 1 aromatic heterocycles. The van der Waals surface area contributed by atoms with Gasteiger partial charge in [-0.3, -0.25) is 4.98 Å². The fraction of sp³-hybridized carbons (Fsp3) is 0.545. The van der Waals surface area contributed by atoms with Crippen molar-refractivity contribution >= 4 is 15.9 Å². The quantitative estimate of drug-likeness (QED) is 0.898. The van der Waals surface area contributed by atoms with E-state index in [0.717, 1.165) is 36.1 Å². The van der Waals surface area contributed by atoms with Crippen LogP contribution < -0.4 is 0 Å². The van der Waals surface area contributed by atoms with Crippen LogP contribution in [0.4, 0.5) is 0 Å². The van der Waals surface area contributed by atoms with Crippen LogP contribution in [0.5, 0.6) is 0 Å². The van der Waals surface area contributed by atoms with Crippen LogP contribution in [0.25, 0.3) is 0 Å². The number of ether oxygens (including phenoxy) is 1. The number of pyridine rings is 1. The maximum Gasteiger partial charge on any atom is 0.0835 e. The van der Waals surface area contributed by atoms with Gasteiger partial charge in [-0.2, -0.15) is 0 Å². The molecule has 0 saturated carbocycles. The standard InChI is InChI=1S/C11H14BrNO2/c12-10-5-9(6-13-7-10)11(14)8-1-3-15-4-2-8/h5-8,11,14H,1-4H2. The molecule has 15 heavy (non-hydrogen) atoms. The second-order valence-corrected chi connectivity index (χ2v) is 4.75. The van der Waals surface area contributed by atoms with Crippen LogP contribution in [0.15, 0.2) is 22.9 Å². The molecular weight excluding hydrogens is 258 g/mol. The smallest absolute Gasteiger partial charge is 0.0835 e. The number of aromatic nitrogens is 1. The first-order chi connectivity index (χ1) is 7.27. The number of rotatable bonds is 2. The van der Waals surface area contributed by atoms with Gasteiger partial charge in [0.2, 0.25) is 0 Å². The Morgan fingerprint density at radius 2 is 2.13 bits per heavy atom. The second kappa shape index (κ2) is 5.05. The summed E-state index contributed by atoms with van der Waals surface area (Å²) >= 11 is 3.36. The second-order valence-electron chi connectivity index (χ2n) is 3.83. The van der Waals surface area contributed by atoms with Gasteiger partial charge in [0.1, 0.15) is 0 Å². The first-order valence-corrected chi connectivity index (χ1v) is 5.93. The molecule has 4 heteroatoms. The number of hydrogen-bond donors (Lipinski definition) is 1. The predicted octanol–water partition coefficient (Wildman–Crippen LogP) is 2.30. The summed E-state index contributed by atoms with van der Waals surface area (Å²) in [4.78, 5) is 4.06. The predicted molar refractivity (Wildman–Crippen MR) is 60.4 cm³/mol. The third-order valence-electron chi connectivity index (χ3n) is 2.78. The molecule has 0 spiro atoms. The summed E-state index contributed by atoms with van der Waals surface area (Å²) in [5.74, 6) is 0.301. The Morgan fingerprint density at radius 3 is 2.80 bits per heavy atom. The molecule has 0 bridgehead atoms. The van der Waals surface area contributed by atoms with Gasteiger partial charge in [-0.05, 0) is 40.8 Å². The number of aliphatic hydroxyl groups excluding tert-OH is 1. The molecular formula is C11H14BrNO2. The molecule has 0 radical (unpaired) electrons. The Balaban J connectivity index is 2.08. The molecule has 0 aromatic carbocycles. The maximum atomic E-state index is 10.2. The van der Waals surface area contributed by atoms with Crippen LogP contribution in [-0.2, 0) is 4.74 Å². The van der Waals surface area contributed by atoms with Crippen LogP contribution in [0.1, 0.15) is 24.5 Å². The minimum Gasteiger partial charge on any atom is -0.388 e. The van der Waals surface area contributed by atoms with Crippen LogP contribution >= 0.6 is 15.9 Å². The van der Waals surface area contributed by atoms with Crippen molar-refractivity contribution in [2.45, 2.75) is 18.9 Å². The van der Waals surface area contributed by atoms with Gasteiger partial charge in [-0.1, -0.05) is 0 Å². The van der Waals surface area contributed by atoms with Crippen molar-refractivity contribution in [3.8, 4) is 0 Å². The highest BCUT2D eigenvalue weighted by Gasteiger charge is 2.23. The van der Waals surface area contributed by atoms with Gasteiger partial charge >= 0.3 is 0 Å². The summed E-state index contributed by atoms with van der Waals surface area (Å²) < 4.78 is 6.18. The minimum atomic E-state index is -0.418. The Morgan fingerprint density at radius 1 is 1.40 bits per heavy atom. The Kier molecular flexibility index (Phi) is 3.72. The van der Waals surface area contributed by atoms with Crippen LogP contribution in [0, 0.1) is 5.92 Å². The summed E-state index contributed by atoms with van der Waals surface area (Å²) in [7, 11) is 0. The Bertz CT molecular complexity index is 326. The van der Waals surface area contributed by atoms with E-state index in [1.165, 1.54) is 0 Å². The molecule has 2 heterocycles. The van der Waals surface area contributed by atoms with Gasteiger partial charge in [0, 0.05) is 35.6 Å². The highest BCUT2D eigenvalue weighted by molar-refractivity contribution is 9.10. The van der Waals surface area contributed by atoms with E-state index < -0.39 is 6.10 Å². The van der Waals surface area contributed by atoms with E-state index in [-0.39, 0.29) is 0 Å². The third kappa shape index (κ3) is 2.77. The van der Waals surface area contributed by atoms with E-state index >= 15 is 0 Å². The lowest BCUT2D eigenvalue weighted by molar-refractivity contribution is 0.00704. The zero-order valence-electron chi connectivity index (χ0n) is 8.40. The maximum absolute atomic E-state index is 10.2. The van der Waals surface area contributed by atoms with Crippen molar-refractivity contribution in [2.75, 3.05) is 13.2 Å². The molecule has 1 aliphatic rings. The van der Waals surface area contributed by atoms with E-state index in [4.69, 9.17) is 4.74 Å². The number of nitrogens with zero attached hydrogens (tertiary/aromatic N) is 1. The minimum absolute atomic E-state index is 0.301. The van der Waals surface area contributed by atoms with E-state index in [0.29, 0.717) is 5.92 Å². The number of halogens is 1. The van der Waals surface area contributed by atoms with Crippen LogP contribution in [-0.4, -0.2) is 23.3 Å². The molecule has 82 valence electrons. The van der Waals surface area contributed by atoms with Crippen LogP contribution in [0.3, 0.4) is 0 Å². The van der Waals surface area contributed by atoms with Crippen molar-refractivity contribution in [3.63, 3.8) is 0 Å². The van der Waals surface area contributed by atoms with Gasteiger partial charge in [-0.15, -0.1) is 0 Å². The normalized spacial score (nSPS) is 20.1. The molecule has 1 fully saturated rings. The van der Waals surface area contributed by atoms with Crippen molar-refractivity contribution in [1.82, 2.24) is 4.98 Å². The molecule has 0 aliphatic carbocycles. The van der Waals surface area contributed by atoms with Crippen molar-refractivity contribution < 1.29 is 9.84 Å². The zero-order chi connectivity index (χ0) is 10.7. The third-order valence-corrected chi connectivity index (χ3v) is 3.21. The van der Waals surface area contributed by atoms with Crippen molar-refractivity contribution in [1.29, 1.82) is 0 Å². The summed E-state index contributed by atoms with van der Waals surface area (Å²) in [6.45, 7) is 1.51. The molecule has 1 aliphatic heterocycles.